The van der Waals surface area contributed by atoms with E-state index in [-0.39, 0.29) is 17.6 Å². The van der Waals surface area contributed by atoms with E-state index in [1.807, 2.05) is 0 Å². The molecule has 3 aromatic rings. The van der Waals surface area contributed by atoms with Crippen LogP contribution in [0.1, 0.15) is 18.7 Å². The summed E-state index contributed by atoms with van der Waals surface area (Å²) in [5.41, 5.74) is 0.637. The molecule has 1 N–H and O–H groups in total. The van der Waals surface area contributed by atoms with E-state index < -0.39 is 12.0 Å². The van der Waals surface area contributed by atoms with Crippen molar-refractivity contribution in [1.29, 1.82) is 0 Å². The fourth-order valence-corrected chi connectivity index (χ4v) is 2.71. The highest BCUT2D eigenvalue weighted by Gasteiger charge is 2.37. The second kappa shape index (κ2) is 5.99. The number of anilines is 2. The summed E-state index contributed by atoms with van der Waals surface area (Å²) in [6, 6.07) is 2.94. The van der Waals surface area contributed by atoms with Crippen molar-refractivity contribution in [2.75, 3.05) is 11.9 Å². The van der Waals surface area contributed by atoms with Crippen LogP contribution in [0.25, 0.3) is 5.65 Å². The van der Waals surface area contributed by atoms with Crippen molar-refractivity contribution < 1.29 is 17.9 Å². The van der Waals surface area contributed by atoms with Gasteiger partial charge in [0.15, 0.2) is 11.5 Å². The number of rotatable bonds is 4. The second-order valence-corrected chi connectivity index (χ2v) is 5.72. The molecule has 8 nitrogen and oxygen atoms in total. The summed E-state index contributed by atoms with van der Waals surface area (Å²) < 4.78 is 46.6. The molecular formula is C14H14F3N7O. The Balaban J connectivity index is 1.53. The lowest BCUT2D eigenvalue weighted by Crippen LogP contribution is -2.15. The van der Waals surface area contributed by atoms with E-state index in [9.17, 15) is 13.2 Å². The smallest absolute Gasteiger partial charge is 0.376 e. The van der Waals surface area contributed by atoms with E-state index in [1.165, 1.54) is 12.1 Å². The summed E-state index contributed by atoms with van der Waals surface area (Å²) in [6.45, 7) is 1.40. The molecule has 1 fully saturated rings. The van der Waals surface area contributed by atoms with Gasteiger partial charge in [-0.15, -0.1) is 15.3 Å². The van der Waals surface area contributed by atoms with Crippen LogP contribution in [-0.4, -0.2) is 42.3 Å². The molecular weight excluding hydrogens is 339 g/mol. The van der Waals surface area contributed by atoms with E-state index in [4.69, 9.17) is 4.74 Å². The number of nitrogens with zero attached hydrogens (tertiary/aromatic N) is 6. The van der Waals surface area contributed by atoms with Crippen molar-refractivity contribution in [3.05, 3.63) is 30.4 Å². The predicted molar refractivity (Wildman–Crippen MR) is 80.3 cm³/mol. The second-order valence-electron chi connectivity index (χ2n) is 5.72. The Bertz CT molecular complexity index is 882. The van der Waals surface area contributed by atoms with Gasteiger partial charge in [-0.1, -0.05) is 0 Å². The SMILES string of the molecule is FC(F)(F)c1nnc2ccc(Nc3cnn(CC4CCCO4)c3)nn12. The lowest BCUT2D eigenvalue weighted by atomic mass is 10.2. The van der Waals surface area contributed by atoms with Crippen LogP contribution in [0.2, 0.25) is 0 Å². The molecule has 25 heavy (non-hydrogen) atoms. The molecule has 11 heteroatoms. The van der Waals surface area contributed by atoms with Crippen molar-refractivity contribution in [3.8, 4) is 0 Å². The van der Waals surface area contributed by atoms with Gasteiger partial charge in [0.25, 0.3) is 5.82 Å². The van der Waals surface area contributed by atoms with E-state index >= 15 is 0 Å². The van der Waals surface area contributed by atoms with Crippen LogP contribution in [0.5, 0.6) is 0 Å². The van der Waals surface area contributed by atoms with Gasteiger partial charge in [0.2, 0.25) is 0 Å². The van der Waals surface area contributed by atoms with Gasteiger partial charge < -0.3 is 10.1 Å². The molecule has 0 saturated carbocycles. The molecule has 1 unspecified atom stereocenters. The maximum Gasteiger partial charge on any atom is 0.453 e. The fourth-order valence-electron chi connectivity index (χ4n) is 2.71. The third-order valence-corrected chi connectivity index (χ3v) is 3.84. The Morgan fingerprint density at radius 2 is 2.16 bits per heavy atom. The van der Waals surface area contributed by atoms with Crippen molar-refractivity contribution >= 4 is 17.2 Å². The summed E-state index contributed by atoms with van der Waals surface area (Å²) in [7, 11) is 0. The Kier molecular flexibility index (Phi) is 3.79. The monoisotopic (exact) mass is 353 g/mol. The van der Waals surface area contributed by atoms with Gasteiger partial charge in [0.1, 0.15) is 0 Å². The first-order chi connectivity index (χ1) is 12.0. The number of nitrogens with one attached hydrogen (secondary N) is 1. The molecule has 0 aromatic carbocycles. The maximum atomic E-state index is 12.9. The van der Waals surface area contributed by atoms with Crippen molar-refractivity contribution in [2.45, 2.75) is 31.7 Å². The quantitative estimate of drug-likeness (QED) is 0.775. The minimum atomic E-state index is -4.63. The number of halogens is 3. The summed E-state index contributed by atoms with van der Waals surface area (Å²) in [5.74, 6) is -0.935. The summed E-state index contributed by atoms with van der Waals surface area (Å²) in [4.78, 5) is 0. The summed E-state index contributed by atoms with van der Waals surface area (Å²) in [6.07, 6.45) is 0.892. The first-order valence-corrected chi connectivity index (χ1v) is 7.70. The van der Waals surface area contributed by atoms with Gasteiger partial charge in [-0.2, -0.15) is 22.8 Å². The van der Waals surface area contributed by atoms with Crippen LogP contribution in [-0.2, 0) is 17.5 Å². The molecule has 1 saturated heterocycles. The van der Waals surface area contributed by atoms with E-state index in [0.29, 0.717) is 16.7 Å². The van der Waals surface area contributed by atoms with Gasteiger partial charge in [0.05, 0.1) is 24.5 Å². The zero-order valence-electron chi connectivity index (χ0n) is 12.9. The molecule has 0 aliphatic carbocycles. The number of fused-ring (bicyclic) bond motifs is 1. The Morgan fingerprint density at radius 1 is 1.28 bits per heavy atom. The topological polar surface area (TPSA) is 82.2 Å². The van der Waals surface area contributed by atoms with E-state index in [2.05, 4.69) is 25.7 Å². The van der Waals surface area contributed by atoms with Crippen molar-refractivity contribution in [2.24, 2.45) is 0 Å². The lowest BCUT2D eigenvalue weighted by molar-refractivity contribution is -0.146. The molecule has 0 radical (unpaired) electrons. The Labute approximate surface area is 139 Å². The zero-order valence-corrected chi connectivity index (χ0v) is 12.9. The van der Waals surface area contributed by atoms with Crippen LogP contribution >= 0.6 is 0 Å². The van der Waals surface area contributed by atoms with Crippen LogP contribution in [0.15, 0.2) is 24.5 Å². The first kappa shape index (κ1) is 15.8. The van der Waals surface area contributed by atoms with Crippen LogP contribution in [0.3, 0.4) is 0 Å². The molecule has 0 spiro atoms. The standard InChI is InChI=1S/C14H14F3N7O/c15-14(16,17)13-21-20-12-4-3-11(22-24(12)13)19-9-6-18-23(7-9)8-10-2-1-5-25-10/h3-4,6-7,10H,1-2,5,8H2,(H,19,22). The summed E-state index contributed by atoms with van der Waals surface area (Å²) >= 11 is 0. The minimum absolute atomic E-state index is 0.0203. The highest BCUT2D eigenvalue weighted by molar-refractivity contribution is 5.55. The summed E-state index contributed by atoms with van der Waals surface area (Å²) in [5, 5.41) is 17.7. The van der Waals surface area contributed by atoms with Crippen molar-refractivity contribution in [3.63, 3.8) is 0 Å². The normalized spacial score (nSPS) is 18.1. The lowest BCUT2D eigenvalue weighted by Gasteiger charge is -2.08. The van der Waals surface area contributed by atoms with E-state index in [0.717, 1.165) is 19.4 Å². The third-order valence-electron chi connectivity index (χ3n) is 3.84. The van der Waals surface area contributed by atoms with Gasteiger partial charge in [-0.3, -0.25) is 4.68 Å². The molecule has 1 aliphatic rings. The predicted octanol–water partition coefficient (Wildman–Crippen LogP) is 2.26. The van der Waals surface area contributed by atoms with Crippen LogP contribution in [0, 0.1) is 0 Å². The Hall–Kier alpha value is -2.69. The molecule has 0 bridgehead atoms. The molecule has 3 aromatic heterocycles. The molecule has 132 valence electrons. The number of hydrogen-bond donors (Lipinski definition) is 1. The maximum absolute atomic E-state index is 12.9. The largest absolute Gasteiger partial charge is 0.453 e. The van der Waals surface area contributed by atoms with Gasteiger partial charge in [-0.05, 0) is 25.0 Å². The molecule has 1 atom stereocenters. The zero-order chi connectivity index (χ0) is 17.4. The number of aromatic nitrogens is 6. The van der Waals surface area contributed by atoms with Crippen molar-refractivity contribution in [1.82, 2.24) is 29.6 Å². The third kappa shape index (κ3) is 3.27. The van der Waals surface area contributed by atoms with Gasteiger partial charge >= 0.3 is 6.18 Å². The molecule has 4 rings (SSSR count). The number of hydrogen-bond acceptors (Lipinski definition) is 6. The number of ether oxygens (including phenoxy) is 1. The highest BCUT2D eigenvalue weighted by Crippen LogP contribution is 2.27. The van der Waals surface area contributed by atoms with Gasteiger partial charge in [-0.25, -0.2) is 0 Å². The minimum Gasteiger partial charge on any atom is -0.376 e. The van der Waals surface area contributed by atoms with Crippen LogP contribution in [0.4, 0.5) is 24.7 Å². The number of alkyl halides is 3. The molecule has 4 heterocycles. The average molecular weight is 353 g/mol. The Morgan fingerprint density at radius 3 is 2.92 bits per heavy atom. The molecule has 1 aliphatic heterocycles. The average Bonchev–Trinajstić information content (AvgIpc) is 3.27. The van der Waals surface area contributed by atoms with Crippen LogP contribution < -0.4 is 5.32 Å². The molecule has 0 amide bonds. The fraction of sp³-hybridized carbons (Fsp3) is 0.429. The van der Waals surface area contributed by atoms with Gasteiger partial charge in [0, 0.05) is 12.8 Å². The highest BCUT2D eigenvalue weighted by atomic mass is 19.4. The van der Waals surface area contributed by atoms with E-state index in [1.54, 1.807) is 17.1 Å². The first-order valence-electron chi connectivity index (χ1n) is 7.70.